The van der Waals surface area contributed by atoms with Crippen molar-refractivity contribution in [2.45, 2.75) is 32.1 Å². The van der Waals surface area contributed by atoms with Crippen LogP contribution in [0.4, 0.5) is 0 Å². The number of nitrogens with zero attached hydrogens (tertiary/aromatic N) is 1. The maximum absolute atomic E-state index is 10.4. The second-order valence-corrected chi connectivity index (χ2v) is 3.55. The number of aliphatic imine (C=N–C) groups is 1. The molecule has 1 aliphatic heterocycles. The number of rotatable bonds is 4. The zero-order valence-electron chi connectivity index (χ0n) is 8.22. The lowest BCUT2D eigenvalue weighted by atomic mass is 10.1. The lowest BCUT2D eigenvalue weighted by Crippen LogP contribution is -2.15. The van der Waals surface area contributed by atoms with E-state index in [1.54, 1.807) is 0 Å². The zero-order chi connectivity index (χ0) is 10.6. The van der Waals surface area contributed by atoms with E-state index in [9.17, 15) is 4.79 Å². The summed E-state index contributed by atoms with van der Waals surface area (Å²) in [7, 11) is 0. The van der Waals surface area contributed by atoms with E-state index in [4.69, 9.17) is 15.6 Å². The van der Waals surface area contributed by atoms with Gasteiger partial charge in [-0.05, 0) is 6.42 Å². The molecule has 0 aromatic heterocycles. The molecule has 1 rings (SSSR count). The molecule has 0 saturated carbocycles. The third kappa shape index (κ3) is 3.08. The van der Waals surface area contributed by atoms with Crippen molar-refractivity contribution < 1.29 is 14.6 Å². The van der Waals surface area contributed by atoms with Crippen LogP contribution in [0, 0.1) is 5.92 Å². The molecule has 14 heavy (non-hydrogen) atoms. The molecule has 0 spiro atoms. The Kier molecular flexibility index (Phi) is 4.03. The van der Waals surface area contributed by atoms with Crippen LogP contribution in [0.5, 0.6) is 0 Å². The van der Waals surface area contributed by atoms with Crippen LogP contribution in [0.25, 0.3) is 0 Å². The molecular weight excluding hydrogens is 184 g/mol. The highest BCUT2D eigenvalue weighted by molar-refractivity contribution is 5.88. The molecule has 0 aromatic rings. The van der Waals surface area contributed by atoms with E-state index in [2.05, 4.69) is 4.99 Å². The van der Waals surface area contributed by atoms with E-state index < -0.39 is 5.91 Å². The molecule has 3 unspecified atom stereocenters. The average Bonchev–Trinajstić information content (AvgIpc) is 2.47. The van der Waals surface area contributed by atoms with Crippen molar-refractivity contribution >= 4 is 12.1 Å². The lowest BCUT2D eigenvalue weighted by Gasteiger charge is -2.08. The summed E-state index contributed by atoms with van der Waals surface area (Å²) < 4.78 is 5.40. The first-order valence-electron chi connectivity index (χ1n) is 4.69. The second kappa shape index (κ2) is 5.07. The molecule has 5 nitrogen and oxygen atoms in total. The molecule has 0 bridgehead atoms. The highest BCUT2D eigenvalue weighted by Gasteiger charge is 2.30. The third-order valence-electron chi connectivity index (χ3n) is 2.20. The Morgan fingerprint density at radius 2 is 2.50 bits per heavy atom. The van der Waals surface area contributed by atoms with Crippen LogP contribution < -0.4 is 5.73 Å². The first-order valence-corrected chi connectivity index (χ1v) is 4.69. The van der Waals surface area contributed by atoms with Gasteiger partial charge in [0.1, 0.15) is 0 Å². The standard InChI is InChI=1S/C9H16N2O3/c1-6-4-7(5-12)14-9(6)11-3-2-8(10)13/h3,6-7,9,12H,2,4-5H2,1H3,(H2,10,13). The Balaban J connectivity index is 2.38. The molecule has 1 fully saturated rings. The molecule has 80 valence electrons. The van der Waals surface area contributed by atoms with Crippen molar-refractivity contribution in [1.82, 2.24) is 0 Å². The van der Waals surface area contributed by atoms with Crippen molar-refractivity contribution in [3.8, 4) is 0 Å². The smallest absolute Gasteiger partial charge is 0.222 e. The van der Waals surface area contributed by atoms with Crippen LogP contribution >= 0.6 is 0 Å². The largest absolute Gasteiger partial charge is 0.394 e. The Morgan fingerprint density at radius 3 is 3.00 bits per heavy atom. The maximum atomic E-state index is 10.4. The summed E-state index contributed by atoms with van der Waals surface area (Å²) in [4.78, 5) is 14.5. The van der Waals surface area contributed by atoms with E-state index in [1.807, 2.05) is 6.92 Å². The van der Waals surface area contributed by atoms with Gasteiger partial charge in [-0.25, -0.2) is 0 Å². The number of nitrogens with two attached hydrogens (primary N) is 1. The van der Waals surface area contributed by atoms with Crippen molar-refractivity contribution in [2.75, 3.05) is 6.61 Å². The number of primary amides is 1. The number of hydrogen-bond acceptors (Lipinski definition) is 4. The van der Waals surface area contributed by atoms with Gasteiger partial charge in [-0.3, -0.25) is 9.79 Å². The fraction of sp³-hybridized carbons (Fsp3) is 0.778. The van der Waals surface area contributed by atoms with Gasteiger partial charge in [-0.15, -0.1) is 0 Å². The van der Waals surface area contributed by atoms with Crippen molar-refractivity contribution in [2.24, 2.45) is 16.6 Å². The number of hydrogen-bond donors (Lipinski definition) is 2. The Morgan fingerprint density at radius 1 is 1.79 bits per heavy atom. The SMILES string of the molecule is CC1CC(CO)OC1N=CCC(N)=O. The summed E-state index contributed by atoms with van der Waals surface area (Å²) in [6.45, 7) is 2.02. The third-order valence-corrected chi connectivity index (χ3v) is 2.20. The monoisotopic (exact) mass is 200 g/mol. The summed E-state index contributed by atoms with van der Waals surface area (Å²) in [6.07, 6.45) is 2.04. The van der Waals surface area contributed by atoms with Gasteiger partial charge >= 0.3 is 0 Å². The molecule has 5 heteroatoms. The van der Waals surface area contributed by atoms with Gasteiger partial charge < -0.3 is 15.6 Å². The minimum Gasteiger partial charge on any atom is -0.394 e. The molecule has 3 atom stereocenters. The summed E-state index contributed by atoms with van der Waals surface area (Å²) >= 11 is 0. The van der Waals surface area contributed by atoms with Crippen LogP contribution in [0.1, 0.15) is 19.8 Å². The summed E-state index contributed by atoms with van der Waals surface area (Å²) in [5, 5.41) is 8.86. The minimum absolute atomic E-state index is 0.0200. The van der Waals surface area contributed by atoms with E-state index in [1.165, 1.54) is 6.21 Å². The first kappa shape index (κ1) is 11.1. The highest BCUT2D eigenvalue weighted by Crippen LogP contribution is 2.26. The van der Waals surface area contributed by atoms with E-state index >= 15 is 0 Å². The van der Waals surface area contributed by atoms with Crippen LogP contribution in [-0.2, 0) is 9.53 Å². The zero-order valence-corrected chi connectivity index (χ0v) is 8.22. The Labute approximate surface area is 83.0 Å². The van der Waals surface area contributed by atoms with Crippen LogP contribution in [0.15, 0.2) is 4.99 Å². The number of aliphatic hydroxyl groups is 1. The van der Waals surface area contributed by atoms with Crippen molar-refractivity contribution in [3.05, 3.63) is 0 Å². The Hall–Kier alpha value is -0.940. The van der Waals surface area contributed by atoms with Crippen molar-refractivity contribution in [1.29, 1.82) is 0 Å². The molecule has 3 N–H and O–H groups in total. The van der Waals surface area contributed by atoms with Crippen LogP contribution in [0.2, 0.25) is 0 Å². The molecule has 1 heterocycles. The van der Waals surface area contributed by atoms with Crippen LogP contribution in [0.3, 0.4) is 0 Å². The number of aliphatic hydroxyl groups excluding tert-OH is 1. The summed E-state index contributed by atoms with van der Waals surface area (Å²) in [5.41, 5.74) is 4.95. The van der Waals surface area contributed by atoms with Gasteiger partial charge in [0, 0.05) is 12.1 Å². The van der Waals surface area contributed by atoms with Gasteiger partial charge in [-0.1, -0.05) is 6.92 Å². The predicted octanol–water partition coefficient (Wildman–Crippen LogP) is -0.324. The molecule has 0 aromatic carbocycles. The summed E-state index contributed by atoms with van der Waals surface area (Å²) in [5.74, 6) is -0.130. The summed E-state index contributed by atoms with van der Waals surface area (Å²) in [6, 6.07) is 0. The van der Waals surface area contributed by atoms with Gasteiger partial charge in [0.2, 0.25) is 5.91 Å². The normalized spacial score (nSPS) is 32.6. The molecule has 1 saturated heterocycles. The number of carbonyl (C=O) groups excluding carboxylic acids is 1. The lowest BCUT2D eigenvalue weighted by molar-refractivity contribution is -0.116. The van der Waals surface area contributed by atoms with E-state index in [0.29, 0.717) is 0 Å². The number of carbonyl (C=O) groups is 1. The minimum atomic E-state index is -0.405. The molecule has 1 aliphatic rings. The quantitative estimate of drug-likeness (QED) is 0.610. The van der Waals surface area contributed by atoms with E-state index in [0.717, 1.165) is 6.42 Å². The molecule has 0 radical (unpaired) electrons. The second-order valence-electron chi connectivity index (χ2n) is 3.55. The molecule has 1 amide bonds. The first-order chi connectivity index (χ1) is 6.63. The van der Waals surface area contributed by atoms with Gasteiger partial charge in [0.15, 0.2) is 6.23 Å². The number of ether oxygens (including phenoxy) is 1. The Bertz CT molecular complexity index is 230. The van der Waals surface area contributed by atoms with Gasteiger partial charge in [-0.2, -0.15) is 0 Å². The van der Waals surface area contributed by atoms with E-state index in [-0.39, 0.29) is 31.3 Å². The average molecular weight is 200 g/mol. The predicted molar refractivity (Wildman–Crippen MR) is 51.8 cm³/mol. The fourth-order valence-corrected chi connectivity index (χ4v) is 1.46. The number of amides is 1. The van der Waals surface area contributed by atoms with Gasteiger partial charge in [0.25, 0.3) is 0 Å². The molecule has 0 aliphatic carbocycles. The van der Waals surface area contributed by atoms with Crippen molar-refractivity contribution in [3.63, 3.8) is 0 Å². The topological polar surface area (TPSA) is 84.9 Å². The maximum Gasteiger partial charge on any atom is 0.222 e. The van der Waals surface area contributed by atoms with Crippen LogP contribution in [-0.4, -0.2) is 36.2 Å². The molecular formula is C9H16N2O3. The van der Waals surface area contributed by atoms with Gasteiger partial charge in [0.05, 0.1) is 19.1 Å². The highest BCUT2D eigenvalue weighted by atomic mass is 16.5. The fourth-order valence-electron chi connectivity index (χ4n) is 1.46.